The van der Waals surface area contributed by atoms with Gasteiger partial charge in [0.15, 0.2) is 0 Å². The van der Waals surface area contributed by atoms with Gasteiger partial charge in [0, 0.05) is 12.6 Å². The minimum Gasteiger partial charge on any atom is -0.457 e. The number of aliphatic hydroxyl groups excluding tert-OH is 1. The van der Waals surface area contributed by atoms with Crippen LogP contribution in [0.1, 0.15) is 23.6 Å². The second-order valence-electron chi connectivity index (χ2n) is 4.79. The van der Waals surface area contributed by atoms with Crippen LogP contribution in [0.4, 0.5) is 0 Å². The average molecular weight is 271 g/mol. The Morgan fingerprint density at radius 2 is 1.85 bits per heavy atom. The maximum absolute atomic E-state index is 9.10. The minimum absolute atomic E-state index is 0.172. The Balaban J connectivity index is 2.17. The van der Waals surface area contributed by atoms with Crippen LogP contribution in [-0.2, 0) is 0 Å². The monoisotopic (exact) mass is 271 g/mol. The van der Waals surface area contributed by atoms with Crippen molar-refractivity contribution in [3.05, 3.63) is 59.7 Å². The number of hydrogen-bond donors (Lipinski definition) is 2. The predicted octanol–water partition coefficient (Wildman–Crippen LogP) is 3.43. The van der Waals surface area contributed by atoms with E-state index in [9.17, 15) is 0 Å². The molecule has 0 aliphatic heterocycles. The summed E-state index contributed by atoms with van der Waals surface area (Å²) in [6.07, 6.45) is 0.705. The lowest BCUT2D eigenvalue weighted by Gasteiger charge is -2.18. The lowest BCUT2D eigenvalue weighted by molar-refractivity contribution is 0.268. The van der Waals surface area contributed by atoms with E-state index in [0.29, 0.717) is 6.42 Å². The van der Waals surface area contributed by atoms with Crippen molar-refractivity contribution in [3.63, 3.8) is 0 Å². The molecule has 0 saturated carbocycles. The van der Waals surface area contributed by atoms with E-state index in [-0.39, 0.29) is 12.6 Å². The molecule has 0 amide bonds. The second kappa shape index (κ2) is 7.08. The smallest absolute Gasteiger partial charge is 0.127 e. The zero-order valence-corrected chi connectivity index (χ0v) is 12.0. The molecule has 106 valence electrons. The molecule has 2 rings (SSSR count). The van der Waals surface area contributed by atoms with E-state index >= 15 is 0 Å². The lowest BCUT2D eigenvalue weighted by atomic mass is 9.99. The van der Waals surface area contributed by atoms with Gasteiger partial charge >= 0.3 is 0 Å². The van der Waals surface area contributed by atoms with Gasteiger partial charge in [-0.3, -0.25) is 0 Å². The molecule has 20 heavy (non-hydrogen) atoms. The first-order valence-corrected chi connectivity index (χ1v) is 6.86. The molecular weight excluding hydrogens is 250 g/mol. The number of nitrogens with one attached hydrogen (secondary N) is 1. The SMILES string of the molecule is CNC(CCO)c1ccc(Oc2ccccc2)cc1C. The van der Waals surface area contributed by atoms with Crippen molar-refractivity contribution in [1.29, 1.82) is 0 Å². The van der Waals surface area contributed by atoms with Crippen molar-refractivity contribution in [2.75, 3.05) is 13.7 Å². The summed E-state index contributed by atoms with van der Waals surface area (Å²) in [6.45, 7) is 2.24. The summed E-state index contributed by atoms with van der Waals surface area (Å²) in [5, 5.41) is 12.3. The van der Waals surface area contributed by atoms with Crippen molar-refractivity contribution < 1.29 is 9.84 Å². The van der Waals surface area contributed by atoms with E-state index in [1.807, 2.05) is 49.5 Å². The van der Waals surface area contributed by atoms with Gasteiger partial charge < -0.3 is 15.2 Å². The zero-order chi connectivity index (χ0) is 14.4. The number of ether oxygens (including phenoxy) is 1. The van der Waals surface area contributed by atoms with E-state index < -0.39 is 0 Å². The standard InChI is InChI=1S/C17H21NO2/c1-13-12-15(20-14-6-4-3-5-7-14)8-9-16(13)17(18-2)10-11-19/h3-9,12,17-19H,10-11H2,1-2H3. The third-order valence-corrected chi connectivity index (χ3v) is 3.36. The highest BCUT2D eigenvalue weighted by atomic mass is 16.5. The first-order valence-electron chi connectivity index (χ1n) is 6.86. The summed E-state index contributed by atoms with van der Waals surface area (Å²) in [5.41, 5.74) is 2.35. The van der Waals surface area contributed by atoms with E-state index in [2.05, 4.69) is 18.3 Å². The highest BCUT2D eigenvalue weighted by Crippen LogP contribution is 2.27. The molecule has 2 N–H and O–H groups in total. The molecule has 2 aromatic rings. The highest BCUT2D eigenvalue weighted by molar-refractivity contribution is 5.39. The van der Waals surface area contributed by atoms with Crippen LogP contribution < -0.4 is 10.1 Å². The van der Waals surface area contributed by atoms with Crippen LogP contribution in [0, 0.1) is 6.92 Å². The van der Waals surface area contributed by atoms with Crippen LogP contribution in [0.5, 0.6) is 11.5 Å². The Morgan fingerprint density at radius 3 is 2.45 bits per heavy atom. The van der Waals surface area contributed by atoms with Crippen LogP contribution in [-0.4, -0.2) is 18.8 Å². The van der Waals surface area contributed by atoms with E-state index in [4.69, 9.17) is 9.84 Å². The van der Waals surface area contributed by atoms with Crippen molar-refractivity contribution in [2.45, 2.75) is 19.4 Å². The van der Waals surface area contributed by atoms with Gasteiger partial charge in [-0.2, -0.15) is 0 Å². The Morgan fingerprint density at radius 1 is 1.10 bits per heavy atom. The molecule has 0 aliphatic carbocycles. The fourth-order valence-corrected chi connectivity index (χ4v) is 2.31. The predicted molar refractivity (Wildman–Crippen MR) is 81.2 cm³/mol. The zero-order valence-electron chi connectivity index (χ0n) is 12.0. The topological polar surface area (TPSA) is 41.5 Å². The van der Waals surface area contributed by atoms with Crippen molar-refractivity contribution in [2.24, 2.45) is 0 Å². The molecule has 0 saturated heterocycles. The molecule has 2 aromatic carbocycles. The lowest BCUT2D eigenvalue weighted by Crippen LogP contribution is -2.18. The van der Waals surface area contributed by atoms with Gasteiger partial charge in [-0.05, 0) is 55.8 Å². The van der Waals surface area contributed by atoms with Gasteiger partial charge in [0.2, 0.25) is 0 Å². The number of benzene rings is 2. The number of aliphatic hydroxyl groups is 1. The van der Waals surface area contributed by atoms with Gasteiger partial charge in [0.1, 0.15) is 11.5 Å². The molecule has 3 heteroatoms. The molecule has 0 bridgehead atoms. The van der Waals surface area contributed by atoms with Crippen LogP contribution in [0.2, 0.25) is 0 Å². The van der Waals surface area contributed by atoms with Crippen molar-refractivity contribution >= 4 is 0 Å². The summed E-state index contributed by atoms with van der Waals surface area (Å²) in [5.74, 6) is 1.66. The van der Waals surface area contributed by atoms with Gasteiger partial charge in [0.05, 0.1) is 0 Å². The van der Waals surface area contributed by atoms with Crippen molar-refractivity contribution in [1.82, 2.24) is 5.32 Å². The number of rotatable bonds is 6. The van der Waals surface area contributed by atoms with Gasteiger partial charge in [0.25, 0.3) is 0 Å². The van der Waals surface area contributed by atoms with E-state index in [1.165, 1.54) is 5.56 Å². The molecule has 1 atom stereocenters. The third-order valence-electron chi connectivity index (χ3n) is 3.36. The molecule has 0 aromatic heterocycles. The first-order chi connectivity index (χ1) is 9.74. The van der Waals surface area contributed by atoms with Crippen molar-refractivity contribution in [3.8, 4) is 11.5 Å². The molecule has 0 aliphatic rings. The maximum atomic E-state index is 9.10. The van der Waals surface area contributed by atoms with Gasteiger partial charge in [-0.25, -0.2) is 0 Å². The van der Waals surface area contributed by atoms with Crippen LogP contribution >= 0.6 is 0 Å². The highest BCUT2D eigenvalue weighted by Gasteiger charge is 2.11. The summed E-state index contributed by atoms with van der Waals surface area (Å²) in [4.78, 5) is 0. The van der Waals surface area contributed by atoms with Gasteiger partial charge in [-0.1, -0.05) is 24.3 Å². The Bertz CT molecular complexity index is 540. The Hall–Kier alpha value is -1.84. The molecular formula is C17H21NO2. The maximum Gasteiger partial charge on any atom is 0.127 e. The third kappa shape index (κ3) is 3.59. The molecule has 1 unspecified atom stereocenters. The number of hydrogen-bond acceptors (Lipinski definition) is 3. The largest absolute Gasteiger partial charge is 0.457 e. The fourth-order valence-electron chi connectivity index (χ4n) is 2.31. The summed E-state index contributed by atoms with van der Waals surface area (Å²) in [7, 11) is 1.91. The Labute approximate surface area is 120 Å². The van der Waals surface area contributed by atoms with Crippen LogP contribution in [0.15, 0.2) is 48.5 Å². The normalized spacial score (nSPS) is 12.2. The molecule has 0 heterocycles. The first kappa shape index (κ1) is 14.6. The Kier molecular flexibility index (Phi) is 5.16. The summed E-state index contributed by atoms with van der Waals surface area (Å²) < 4.78 is 5.82. The fraction of sp³-hybridized carbons (Fsp3) is 0.294. The molecule has 0 fully saturated rings. The number of para-hydroxylation sites is 1. The van der Waals surface area contributed by atoms with Crippen LogP contribution in [0.25, 0.3) is 0 Å². The number of aryl methyl sites for hydroxylation is 1. The minimum atomic E-state index is 0.172. The average Bonchev–Trinajstić information content (AvgIpc) is 2.47. The second-order valence-corrected chi connectivity index (χ2v) is 4.79. The molecule has 0 radical (unpaired) electrons. The van der Waals surface area contributed by atoms with Gasteiger partial charge in [-0.15, -0.1) is 0 Å². The molecule has 3 nitrogen and oxygen atoms in total. The summed E-state index contributed by atoms with van der Waals surface area (Å²) in [6, 6.07) is 16.0. The summed E-state index contributed by atoms with van der Waals surface area (Å²) >= 11 is 0. The van der Waals surface area contributed by atoms with E-state index in [0.717, 1.165) is 17.1 Å². The quantitative estimate of drug-likeness (QED) is 0.845. The van der Waals surface area contributed by atoms with Crippen LogP contribution in [0.3, 0.4) is 0 Å². The molecule has 0 spiro atoms. The van der Waals surface area contributed by atoms with E-state index in [1.54, 1.807) is 0 Å².